The SMILES string of the molecule is CCC(Oc1ccc(S(=O)(=O)c2ccc(OC(CC)N(CC)CC)cc2)cc1)N(CC)CC. The molecule has 2 rings (SSSR count). The maximum atomic E-state index is 13.1. The van der Waals surface area contributed by atoms with Gasteiger partial charge in [0.05, 0.1) is 9.79 Å². The third-order valence-electron chi connectivity index (χ3n) is 5.95. The van der Waals surface area contributed by atoms with Crippen molar-refractivity contribution in [3.63, 3.8) is 0 Å². The molecule has 7 heteroatoms. The van der Waals surface area contributed by atoms with Crippen LogP contribution in [-0.2, 0) is 9.84 Å². The zero-order valence-corrected chi connectivity index (χ0v) is 21.8. The third-order valence-corrected chi connectivity index (χ3v) is 7.74. The first kappa shape index (κ1) is 27.2. The molecule has 0 bridgehead atoms. The molecule has 2 unspecified atom stereocenters. The number of hydrogen-bond donors (Lipinski definition) is 0. The molecule has 0 heterocycles. The lowest BCUT2D eigenvalue weighted by molar-refractivity contribution is 0.0297. The van der Waals surface area contributed by atoms with Crippen molar-refractivity contribution < 1.29 is 17.9 Å². The number of sulfone groups is 1. The Labute approximate surface area is 200 Å². The van der Waals surface area contributed by atoms with Crippen LogP contribution in [0.3, 0.4) is 0 Å². The van der Waals surface area contributed by atoms with E-state index < -0.39 is 9.84 Å². The van der Waals surface area contributed by atoms with E-state index >= 15 is 0 Å². The van der Waals surface area contributed by atoms with Crippen LogP contribution in [0.4, 0.5) is 0 Å². The molecule has 0 fully saturated rings. The van der Waals surface area contributed by atoms with Crippen molar-refractivity contribution in [1.29, 1.82) is 0 Å². The lowest BCUT2D eigenvalue weighted by Crippen LogP contribution is -2.38. The highest BCUT2D eigenvalue weighted by Gasteiger charge is 2.20. The summed E-state index contributed by atoms with van der Waals surface area (Å²) in [6, 6.07) is 13.3. The lowest BCUT2D eigenvalue weighted by Gasteiger charge is -2.29. The maximum Gasteiger partial charge on any atom is 0.206 e. The standard InChI is InChI=1S/C26H40N2O4S/c1-7-25(27(9-3)10-4)31-21-13-17-23(18-14-21)33(29,30)24-19-15-22(16-20-24)32-26(8-2)28(11-5)12-6/h13-20,25-26H,7-12H2,1-6H3. The summed E-state index contributed by atoms with van der Waals surface area (Å²) in [6.45, 7) is 16.2. The summed E-state index contributed by atoms with van der Waals surface area (Å²) in [5.74, 6) is 1.33. The second-order valence-corrected chi connectivity index (χ2v) is 9.80. The Hall–Kier alpha value is -2.09. The zero-order valence-electron chi connectivity index (χ0n) is 21.0. The molecule has 0 saturated carbocycles. The van der Waals surface area contributed by atoms with Gasteiger partial charge in [-0.3, -0.25) is 9.80 Å². The highest BCUT2D eigenvalue weighted by atomic mass is 32.2. The minimum atomic E-state index is -3.62. The summed E-state index contributed by atoms with van der Waals surface area (Å²) < 4.78 is 38.4. The van der Waals surface area contributed by atoms with Crippen molar-refractivity contribution >= 4 is 9.84 Å². The summed E-state index contributed by atoms with van der Waals surface area (Å²) in [4.78, 5) is 4.96. The van der Waals surface area contributed by atoms with E-state index in [1.807, 2.05) is 0 Å². The highest BCUT2D eigenvalue weighted by molar-refractivity contribution is 7.91. The Balaban J connectivity index is 2.14. The molecule has 0 amide bonds. The Morgan fingerprint density at radius 1 is 0.606 bits per heavy atom. The van der Waals surface area contributed by atoms with Crippen molar-refractivity contribution in [2.24, 2.45) is 0 Å². The van der Waals surface area contributed by atoms with E-state index in [9.17, 15) is 8.42 Å². The second-order valence-electron chi connectivity index (χ2n) is 7.85. The van der Waals surface area contributed by atoms with Gasteiger partial charge in [-0.05, 0) is 87.6 Å². The van der Waals surface area contributed by atoms with Gasteiger partial charge in [0.2, 0.25) is 9.84 Å². The summed E-state index contributed by atoms with van der Waals surface area (Å²) in [5.41, 5.74) is 0. The average Bonchev–Trinajstić information content (AvgIpc) is 2.84. The van der Waals surface area contributed by atoms with E-state index in [4.69, 9.17) is 9.47 Å². The van der Waals surface area contributed by atoms with Crippen molar-refractivity contribution in [1.82, 2.24) is 9.80 Å². The summed E-state index contributed by atoms with van der Waals surface area (Å²) in [5, 5.41) is 0. The van der Waals surface area contributed by atoms with Crippen molar-refractivity contribution in [3.05, 3.63) is 48.5 Å². The molecule has 0 radical (unpaired) electrons. The predicted octanol–water partition coefficient (Wildman–Crippen LogP) is 5.43. The molecule has 0 saturated heterocycles. The van der Waals surface area contributed by atoms with Crippen molar-refractivity contribution in [3.8, 4) is 11.5 Å². The van der Waals surface area contributed by atoms with Crippen LogP contribution in [0.1, 0.15) is 54.4 Å². The fraction of sp³-hybridized carbons (Fsp3) is 0.538. The van der Waals surface area contributed by atoms with Crippen molar-refractivity contribution in [2.75, 3.05) is 26.2 Å². The fourth-order valence-electron chi connectivity index (χ4n) is 3.94. The molecule has 2 atom stereocenters. The average molecular weight is 477 g/mol. The summed E-state index contributed by atoms with van der Waals surface area (Å²) >= 11 is 0. The van der Waals surface area contributed by atoms with Crippen LogP contribution in [0.5, 0.6) is 11.5 Å². The van der Waals surface area contributed by atoms with Crippen molar-refractivity contribution in [2.45, 2.75) is 76.6 Å². The Morgan fingerprint density at radius 3 is 1.15 bits per heavy atom. The zero-order chi connectivity index (χ0) is 24.4. The molecule has 2 aromatic carbocycles. The molecule has 0 aliphatic carbocycles. The largest absolute Gasteiger partial charge is 0.475 e. The Bertz CT molecular complexity index is 850. The van der Waals surface area contributed by atoms with E-state index in [-0.39, 0.29) is 22.2 Å². The quantitative estimate of drug-likeness (QED) is 0.339. The van der Waals surface area contributed by atoms with Gasteiger partial charge >= 0.3 is 0 Å². The number of rotatable bonds is 14. The molecule has 0 N–H and O–H groups in total. The molecule has 0 aliphatic heterocycles. The van der Waals surface area contributed by atoms with E-state index in [1.165, 1.54) is 0 Å². The topological polar surface area (TPSA) is 59.1 Å². The van der Waals surface area contributed by atoms with Gasteiger partial charge in [-0.15, -0.1) is 0 Å². The third kappa shape index (κ3) is 6.95. The van der Waals surface area contributed by atoms with Gasteiger partial charge in [0.1, 0.15) is 11.5 Å². The van der Waals surface area contributed by atoms with Gasteiger partial charge in [0.25, 0.3) is 0 Å². The number of benzene rings is 2. The van der Waals surface area contributed by atoms with Gasteiger partial charge in [0.15, 0.2) is 12.5 Å². The molecule has 2 aromatic rings. The van der Waals surface area contributed by atoms with E-state index in [1.54, 1.807) is 48.5 Å². The molecular formula is C26H40N2O4S. The lowest BCUT2D eigenvalue weighted by atomic mass is 10.3. The van der Waals surface area contributed by atoms with E-state index in [2.05, 4.69) is 51.3 Å². The smallest absolute Gasteiger partial charge is 0.206 e. The minimum Gasteiger partial charge on any atom is -0.475 e. The molecular weight excluding hydrogens is 436 g/mol. The first-order valence-electron chi connectivity index (χ1n) is 12.1. The summed E-state index contributed by atoms with van der Waals surface area (Å²) in [6.07, 6.45) is 1.64. The van der Waals surface area contributed by atoms with Crippen LogP contribution >= 0.6 is 0 Å². The first-order valence-corrected chi connectivity index (χ1v) is 13.6. The molecule has 0 aromatic heterocycles. The van der Waals surface area contributed by atoms with Gasteiger partial charge in [-0.1, -0.05) is 41.5 Å². The normalized spacial score (nSPS) is 13.8. The van der Waals surface area contributed by atoms with Crippen LogP contribution in [0.25, 0.3) is 0 Å². The van der Waals surface area contributed by atoms with Crippen LogP contribution in [0, 0.1) is 0 Å². The fourth-order valence-corrected chi connectivity index (χ4v) is 5.20. The Kier molecular flexibility index (Phi) is 10.7. The van der Waals surface area contributed by atoms with Crippen LogP contribution < -0.4 is 9.47 Å². The number of hydrogen-bond acceptors (Lipinski definition) is 6. The van der Waals surface area contributed by atoms with Gasteiger partial charge in [-0.2, -0.15) is 0 Å². The minimum absolute atomic E-state index is 0.0294. The highest BCUT2D eigenvalue weighted by Crippen LogP contribution is 2.26. The maximum absolute atomic E-state index is 13.1. The van der Waals surface area contributed by atoms with Crippen LogP contribution in [0.2, 0.25) is 0 Å². The van der Waals surface area contributed by atoms with Gasteiger partial charge < -0.3 is 9.47 Å². The molecule has 184 valence electrons. The van der Waals surface area contributed by atoms with Gasteiger partial charge in [0, 0.05) is 0 Å². The molecule has 33 heavy (non-hydrogen) atoms. The second kappa shape index (κ2) is 13.0. The molecule has 0 aliphatic rings. The number of ether oxygens (including phenoxy) is 2. The van der Waals surface area contributed by atoms with Crippen LogP contribution in [0.15, 0.2) is 58.3 Å². The molecule has 0 spiro atoms. The summed E-state index contributed by atoms with van der Waals surface area (Å²) in [7, 11) is -3.62. The van der Waals surface area contributed by atoms with Crippen LogP contribution in [-0.4, -0.2) is 56.9 Å². The van der Waals surface area contributed by atoms with Gasteiger partial charge in [-0.25, -0.2) is 8.42 Å². The monoisotopic (exact) mass is 476 g/mol. The number of nitrogens with zero attached hydrogens (tertiary/aromatic N) is 2. The Morgan fingerprint density at radius 2 is 0.909 bits per heavy atom. The first-order chi connectivity index (χ1) is 15.8. The van der Waals surface area contributed by atoms with E-state index in [0.717, 1.165) is 39.0 Å². The predicted molar refractivity (Wildman–Crippen MR) is 134 cm³/mol. The van der Waals surface area contributed by atoms with E-state index in [0.29, 0.717) is 11.5 Å². The molecule has 6 nitrogen and oxygen atoms in total.